The summed E-state index contributed by atoms with van der Waals surface area (Å²) in [6, 6.07) is 6.90. The average molecular weight is 579 g/mol. The van der Waals surface area contributed by atoms with E-state index in [2.05, 4.69) is 15.0 Å². The molecule has 1 amide bonds. The lowest BCUT2D eigenvalue weighted by atomic mass is 10.1. The topological polar surface area (TPSA) is 137 Å². The maximum Gasteiger partial charge on any atom is 0.328 e. The number of halogens is 1. The van der Waals surface area contributed by atoms with Crippen molar-refractivity contribution in [2.75, 3.05) is 19.8 Å². The number of carboxylic acids is 1. The lowest BCUT2D eigenvalue weighted by Crippen LogP contribution is -2.42. The fraction of sp³-hybridized carbons (Fsp3) is 0.367. The molecule has 0 unspecified atom stereocenters. The summed E-state index contributed by atoms with van der Waals surface area (Å²) < 4.78 is 37.3. The largest absolute Gasteiger partial charge is 0.483 e. The average Bonchev–Trinajstić information content (AvgIpc) is 3.61. The predicted molar refractivity (Wildman–Crippen MR) is 149 cm³/mol. The van der Waals surface area contributed by atoms with Crippen LogP contribution in [0.1, 0.15) is 42.9 Å². The van der Waals surface area contributed by atoms with Crippen LogP contribution >= 0.6 is 0 Å². The van der Waals surface area contributed by atoms with Crippen molar-refractivity contribution in [2.45, 2.75) is 53.0 Å². The Kier molecular flexibility index (Phi) is 8.23. The number of hydrogen-bond donors (Lipinski definition) is 1. The van der Waals surface area contributed by atoms with Crippen LogP contribution in [-0.4, -0.2) is 62.6 Å². The van der Waals surface area contributed by atoms with Crippen LogP contribution in [0, 0.1) is 26.6 Å². The van der Waals surface area contributed by atoms with Crippen molar-refractivity contribution in [3.63, 3.8) is 0 Å². The minimum atomic E-state index is -1.01. The number of ether oxygens (including phenoxy) is 3. The molecule has 220 valence electrons. The zero-order valence-electron chi connectivity index (χ0n) is 23.8. The lowest BCUT2D eigenvalue weighted by Gasteiger charge is -2.22. The van der Waals surface area contributed by atoms with Crippen LogP contribution in [0.2, 0.25) is 0 Å². The third-order valence-corrected chi connectivity index (χ3v) is 6.91. The fourth-order valence-corrected chi connectivity index (χ4v) is 4.87. The van der Waals surface area contributed by atoms with E-state index in [0.717, 1.165) is 17.5 Å². The number of carbonyl (C=O) groups excluding carboxylic acids is 1. The Morgan fingerprint density at radius 3 is 2.55 bits per heavy atom. The summed E-state index contributed by atoms with van der Waals surface area (Å²) in [6.07, 6.45) is 1.81. The van der Waals surface area contributed by atoms with Gasteiger partial charge in [0.25, 0.3) is 17.5 Å². The van der Waals surface area contributed by atoms with Gasteiger partial charge < -0.3 is 28.6 Å². The van der Waals surface area contributed by atoms with Gasteiger partial charge in [-0.2, -0.15) is 9.97 Å². The van der Waals surface area contributed by atoms with Crippen LogP contribution in [0.5, 0.6) is 23.4 Å². The van der Waals surface area contributed by atoms with Crippen molar-refractivity contribution < 1.29 is 37.7 Å². The Hall–Kier alpha value is -4.74. The van der Waals surface area contributed by atoms with Gasteiger partial charge in [-0.25, -0.2) is 14.2 Å². The van der Waals surface area contributed by atoms with E-state index in [-0.39, 0.29) is 41.8 Å². The number of rotatable bonds is 10. The molecule has 12 heteroatoms. The van der Waals surface area contributed by atoms with E-state index < -0.39 is 17.8 Å². The minimum absolute atomic E-state index is 0.0751. The van der Waals surface area contributed by atoms with Crippen molar-refractivity contribution in [2.24, 2.45) is 0 Å². The Morgan fingerprint density at radius 1 is 1.07 bits per heavy atom. The second kappa shape index (κ2) is 12.0. The summed E-state index contributed by atoms with van der Waals surface area (Å²) in [5.74, 6) is -0.618. The van der Waals surface area contributed by atoms with Gasteiger partial charge in [-0.15, -0.1) is 0 Å². The smallest absolute Gasteiger partial charge is 0.328 e. The molecule has 2 aromatic carbocycles. The molecule has 1 atom stereocenters. The third kappa shape index (κ3) is 5.97. The molecule has 11 nitrogen and oxygen atoms in total. The zero-order chi connectivity index (χ0) is 30.0. The highest BCUT2D eigenvalue weighted by Crippen LogP contribution is 2.35. The van der Waals surface area contributed by atoms with Crippen molar-refractivity contribution in [1.29, 1.82) is 0 Å². The van der Waals surface area contributed by atoms with Crippen LogP contribution < -0.4 is 14.2 Å². The second-order valence-corrected chi connectivity index (χ2v) is 10.2. The maximum absolute atomic E-state index is 13.8. The monoisotopic (exact) mass is 578 g/mol. The molecule has 2 aromatic heterocycles. The van der Waals surface area contributed by atoms with E-state index in [4.69, 9.17) is 18.6 Å². The molecule has 0 aliphatic carbocycles. The van der Waals surface area contributed by atoms with Crippen LogP contribution in [0.25, 0.3) is 22.7 Å². The van der Waals surface area contributed by atoms with Crippen LogP contribution in [0.3, 0.4) is 0 Å². The lowest BCUT2D eigenvalue weighted by molar-refractivity contribution is -0.149. The van der Waals surface area contributed by atoms with Gasteiger partial charge in [0.05, 0.1) is 6.61 Å². The summed E-state index contributed by atoms with van der Waals surface area (Å²) >= 11 is 0. The zero-order valence-corrected chi connectivity index (χ0v) is 23.8. The Labute approximate surface area is 241 Å². The molecule has 42 heavy (non-hydrogen) atoms. The van der Waals surface area contributed by atoms with Gasteiger partial charge in [-0.05, 0) is 74.9 Å². The molecule has 0 bridgehead atoms. The van der Waals surface area contributed by atoms with Gasteiger partial charge >= 0.3 is 12.0 Å². The van der Waals surface area contributed by atoms with Crippen molar-refractivity contribution >= 4 is 23.1 Å². The van der Waals surface area contributed by atoms with Gasteiger partial charge in [0.1, 0.15) is 23.4 Å². The number of aryl methyl sites for hydroxylation is 3. The van der Waals surface area contributed by atoms with E-state index in [9.17, 15) is 19.1 Å². The van der Waals surface area contributed by atoms with Crippen LogP contribution in [0.4, 0.5) is 4.39 Å². The highest BCUT2D eigenvalue weighted by Gasteiger charge is 2.34. The molecule has 3 heterocycles. The molecule has 0 radical (unpaired) electrons. The Balaban J connectivity index is 1.41. The molecule has 4 aromatic rings. The van der Waals surface area contributed by atoms with Gasteiger partial charge in [-0.3, -0.25) is 4.79 Å². The Morgan fingerprint density at radius 2 is 1.83 bits per heavy atom. The van der Waals surface area contributed by atoms with Crippen molar-refractivity contribution in [1.82, 2.24) is 19.9 Å². The fourth-order valence-electron chi connectivity index (χ4n) is 4.87. The molecule has 0 spiro atoms. The molecule has 1 aliphatic rings. The van der Waals surface area contributed by atoms with Crippen molar-refractivity contribution in [3.05, 3.63) is 52.8 Å². The predicted octanol–water partition coefficient (Wildman–Crippen LogP) is 5.38. The van der Waals surface area contributed by atoms with Gasteiger partial charge in [0.2, 0.25) is 5.89 Å². The highest BCUT2D eigenvalue weighted by atomic mass is 19.1. The summed E-state index contributed by atoms with van der Waals surface area (Å²) in [6.45, 7) is 7.90. The number of aromatic nitrogens is 3. The van der Waals surface area contributed by atoms with Crippen LogP contribution in [0.15, 0.2) is 34.7 Å². The van der Waals surface area contributed by atoms with Gasteiger partial charge in [0.15, 0.2) is 12.1 Å². The van der Waals surface area contributed by atoms with E-state index >= 15 is 0 Å². The number of carboxylic acid groups (broad SMARTS) is 1. The normalized spacial score (nSPS) is 14.8. The number of oxazole rings is 1. The number of aliphatic carboxylic acids is 1. The van der Waals surface area contributed by atoms with E-state index in [1.165, 1.54) is 17.0 Å². The summed E-state index contributed by atoms with van der Waals surface area (Å²) in [5.41, 5.74) is 3.24. The Bertz CT molecular complexity index is 1630. The third-order valence-electron chi connectivity index (χ3n) is 6.91. The molecule has 1 fully saturated rings. The molecule has 0 saturated carbocycles. The van der Waals surface area contributed by atoms with Gasteiger partial charge in [-0.1, -0.05) is 13.0 Å². The molecule has 1 aliphatic heterocycles. The standard InChI is InChI=1S/C30H31FN4O7/c1-5-11-39-27-24-28(34-30(33-27)41-22-14-20(31)9-8-16(22)2)42-26(32-24)19-12-17(3)25(18(4)13-19)40-15-23(36)35-10-6-7-21(35)29(37)38/h8-9,12-14,21H,5-7,10-11,15H2,1-4H3,(H,37,38)/t21-/m0/s1. The van der Waals surface area contributed by atoms with E-state index in [1.807, 2.05) is 20.8 Å². The quantitative estimate of drug-likeness (QED) is 0.261. The summed E-state index contributed by atoms with van der Waals surface area (Å²) in [7, 11) is 0. The molecule has 5 rings (SSSR count). The summed E-state index contributed by atoms with van der Waals surface area (Å²) in [5, 5.41) is 9.37. The molecular weight excluding hydrogens is 547 g/mol. The molecule has 1 saturated heterocycles. The number of fused-ring (bicyclic) bond motifs is 1. The minimum Gasteiger partial charge on any atom is -0.483 e. The SMILES string of the molecule is CCCOc1nc(Oc2cc(F)ccc2C)nc2oc(-c3cc(C)c(OCC(=O)N4CCC[C@H]4C(=O)O)c(C)c3)nc12. The first-order chi connectivity index (χ1) is 20.1. The first-order valence-corrected chi connectivity index (χ1v) is 13.7. The first-order valence-electron chi connectivity index (χ1n) is 13.7. The number of likely N-dealkylation sites (tertiary alicyclic amines) is 1. The maximum atomic E-state index is 13.8. The first kappa shape index (κ1) is 28.8. The van der Waals surface area contributed by atoms with Gasteiger partial charge in [0, 0.05) is 18.2 Å². The summed E-state index contributed by atoms with van der Waals surface area (Å²) in [4.78, 5) is 38.8. The second-order valence-electron chi connectivity index (χ2n) is 10.2. The van der Waals surface area contributed by atoms with Crippen LogP contribution in [-0.2, 0) is 9.59 Å². The number of carbonyl (C=O) groups is 2. The van der Waals surface area contributed by atoms with E-state index in [1.54, 1.807) is 25.1 Å². The number of nitrogens with zero attached hydrogens (tertiary/aromatic N) is 4. The van der Waals surface area contributed by atoms with Crippen molar-refractivity contribution in [3.8, 4) is 34.8 Å². The number of hydrogen-bond acceptors (Lipinski definition) is 9. The highest BCUT2D eigenvalue weighted by molar-refractivity contribution is 5.85. The molecular formula is C30H31FN4O7. The number of benzene rings is 2. The molecule has 1 N–H and O–H groups in total. The number of amides is 1. The van der Waals surface area contributed by atoms with E-state index in [0.29, 0.717) is 48.4 Å².